The van der Waals surface area contributed by atoms with Crippen molar-refractivity contribution in [1.82, 2.24) is 4.57 Å². The van der Waals surface area contributed by atoms with E-state index in [1.165, 1.54) is 30.1 Å². The highest BCUT2D eigenvalue weighted by molar-refractivity contribution is 7.07. The summed E-state index contributed by atoms with van der Waals surface area (Å²) in [6, 6.07) is 16.8. The molecule has 1 aromatic heterocycles. The van der Waals surface area contributed by atoms with Crippen molar-refractivity contribution in [3.63, 3.8) is 0 Å². The van der Waals surface area contributed by atoms with E-state index in [2.05, 4.69) is 4.99 Å². The number of carbonyl (C=O) groups excluding carboxylic acids is 1. The highest BCUT2D eigenvalue weighted by Gasteiger charge is 2.35. The summed E-state index contributed by atoms with van der Waals surface area (Å²) in [5, 5.41) is 1.52. The van der Waals surface area contributed by atoms with Crippen molar-refractivity contribution in [3.05, 3.63) is 123 Å². The highest BCUT2D eigenvalue weighted by atomic mass is 35.5. The number of methoxy groups -OCH3 is 2. The maximum absolute atomic E-state index is 13.8. The first-order valence-corrected chi connectivity index (χ1v) is 14.3. The summed E-state index contributed by atoms with van der Waals surface area (Å²) in [5.41, 5.74) is 2.51. The molecule has 41 heavy (non-hydrogen) atoms. The van der Waals surface area contributed by atoms with E-state index in [0.29, 0.717) is 47.2 Å². The number of thiazole rings is 1. The first-order chi connectivity index (χ1) is 19.7. The van der Waals surface area contributed by atoms with E-state index in [1.807, 2.05) is 30.3 Å². The Hall–Kier alpha value is -3.56. The lowest BCUT2D eigenvalue weighted by atomic mass is 9.95. The Kier molecular flexibility index (Phi) is 8.56. The summed E-state index contributed by atoms with van der Waals surface area (Å²) in [7, 11) is 2.81. The van der Waals surface area contributed by atoms with Gasteiger partial charge in [0, 0.05) is 26.2 Å². The molecule has 0 fully saturated rings. The molecule has 1 atom stereocenters. The average molecular weight is 630 g/mol. The monoisotopic (exact) mass is 628 g/mol. The maximum atomic E-state index is 13.8. The number of benzene rings is 3. The van der Waals surface area contributed by atoms with Gasteiger partial charge in [0.2, 0.25) is 0 Å². The lowest BCUT2D eigenvalue weighted by molar-refractivity contribution is -0.136. The smallest absolute Gasteiger partial charge is 0.338 e. The lowest BCUT2D eigenvalue weighted by Crippen LogP contribution is -2.40. The van der Waals surface area contributed by atoms with Gasteiger partial charge in [-0.2, -0.15) is 0 Å². The Morgan fingerprint density at radius 3 is 2.41 bits per heavy atom. The van der Waals surface area contributed by atoms with E-state index in [9.17, 15) is 9.59 Å². The normalized spacial score (nSPS) is 14.9. The second kappa shape index (κ2) is 12.1. The fourth-order valence-electron chi connectivity index (χ4n) is 4.52. The largest absolute Gasteiger partial charge is 0.496 e. The summed E-state index contributed by atoms with van der Waals surface area (Å²) < 4.78 is 18.4. The second-order valence-electron chi connectivity index (χ2n) is 9.05. The van der Waals surface area contributed by atoms with Crippen LogP contribution in [0, 0.1) is 0 Å². The van der Waals surface area contributed by atoms with Gasteiger partial charge >= 0.3 is 5.97 Å². The predicted octanol–water partition coefficient (Wildman–Crippen LogP) is 5.96. The fourth-order valence-corrected chi connectivity index (χ4v) is 6.21. The zero-order chi connectivity index (χ0) is 29.3. The minimum atomic E-state index is -0.843. The Morgan fingerprint density at radius 1 is 1.02 bits per heavy atom. The van der Waals surface area contributed by atoms with E-state index >= 15 is 0 Å². The average Bonchev–Trinajstić information content (AvgIpc) is 3.26. The third-order valence-corrected chi connectivity index (χ3v) is 8.31. The summed E-state index contributed by atoms with van der Waals surface area (Å²) in [5.74, 6) is 0.518. The van der Waals surface area contributed by atoms with E-state index in [1.54, 1.807) is 43.3 Å². The molecule has 0 saturated heterocycles. The number of ether oxygens (including phenoxy) is 3. The molecule has 3 aromatic carbocycles. The summed E-state index contributed by atoms with van der Waals surface area (Å²) in [4.78, 5) is 31.8. The van der Waals surface area contributed by atoms with Crippen LogP contribution in [0.3, 0.4) is 0 Å². The van der Waals surface area contributed by atoms with Crippen LogP contribution in [0.2, 0.25) is 15.1 Å². The summed E-state index contributed by atoms with van der Waals surface area (Å²) in [6.45, 7) is 1.99. The van der Waals surface area contributed by atoms with Gasteiger partial charge in [-0.3, -0.25) is 9.36 Å². The molecule has 4 aromatic rings. The van der Waals surface area contributed by atoms with E-state index in [-0.39, 0.29) is 17.7 Å². The van der Waals surface area contributed by atoms with Crippen LogP contribution in [0.5, 0.6) is 11.5 Å². The Labute approximate surface area is 254 Å². The van der Waals surface area contributed by atoms with Gasteiger partial charge in [-0.1, -0.05) is 64.3 Å². The zero-order valence-electron chi connectivity index (χ0n) is 22.1. The van der Waals surface area contributed by atoms with Gasteiger partial charge in [-0.15, -0.1) is 0 Å². The number of aromatic nitrogens is 1. The topological polar surface area (TPSA) is 79.1 Å². The van der Waals surface area contributed by atoms with Crippen molar-refractivity contribution >= 4 is 58.2 Å². The summed E-state index contributed by atoms with van der Waals surface area (Å²) >= 11 is 19.8. The number of hydrogen-bond donors (Lipinski definition) is 0. The van der Waals surface area contributed by atoms with E-state index < -0.39 is 12.0 Å². The number of rotatable bonds is 7. The van der Waals surface area contributed by atoms with Crippen LogP contribution in [-0.4, -0.2) is 24.8 Å². The number of halogens is 3. The first-order valence-electron chi connectivity index (χ1n) is 12.3. The second-order valence-corrected chi connectivity index (χ2v) is 11.3. The third-order valence-electron chi connectivity index (χ3n) is 6.50. The number of esters is 1. The molecule has 210 valence electrons. The van der Waals surface area contributed by atoms with Crippen LogP contribution in [0.4, 0.5) is 0 Å². The number of allylic oxidation sites excluding steroid dienone is 1. The molecule has 11 heteroatoms. The van der Waals surface area contributed by atoms with Crippen molar-refractivity contribution in [3.8, 4) is 11.5 Å². The zero-order valence-corrected chi connectivity index (χ0v) is 25.2. The molecule has 1 aliphatic rings. The Bertz CT molecular complexity index is 1860. The van der Waals surface area contributed by atoms with Crippen LogP contribution in [-0.2, 0) is 16.1 Å². The van der Waals surface area contributed by atoms with E-state index in [4.69, 9.17) is 49.0 Å². The molecule has 0 unspecified atom stereocenters. The summed E-state index contributed by atoms with van der Waals surface area (Å²) in [6.07, 6.45) is 1.77. The number of carbonyl (C=O) groups is 1. The van der Waals surface area contributed by atoms with Gasteiger partial charge in [0.1, 0.15) is 24.1 Å². The molecular formula is C30H23Cl3N2O5S. The molecule has 0 N–H and O–H groups in total. The Balaban J connectivity index is 1.52. The number of fused-ring (bicyclic) bond motifs is 1. The highest BCUT2D eigenvalue weighted by Crippen LogP contribution is 2.37. The van der Waals surface area contributed by atoms with Gasteiger partial charge in [0.15, 0.2) is 4.80 Å². The van der Waals surface area contributed by atoms with Crippen LogP contribution in [0.25, 0.3) is 6.08 Å². The van der Waals surface area contributed by atoms with Gasteiger partial charge in [0.25, 0.3) is 5.56 Å². The first kappa shape index (κ1) is 29.0. The standard InChI is InChI=1S/C30H23Cl3N2O5S/c1-16-26(29(37)39-3)27(22-13-19(31)8-11-24(22)38-2)35-28(36)25(41-30(35)34-16)12-17-4-9-21(10-5-17)40-15-18-6-7-20(32)14-23(18)33/h4-14,27H,15H2,1-3H3/b25-12-/t27-/m0/s1. The lowest BCUT2D eigenvalue weighted by Gasteiger charge is -2.25. The van der Waals surface area contributed by atoms with Crippen LogP contribution in [0.1, 0.15) is 29.7 Å². The predicted molar refractivity (Wildman–Crippen MR) is 161 cm³/mol. The molecule has 0 amide bonds. The minimum absolute atomic E-state index is 0.231. The van der Waals surface area contributed by atoms with Gasteiger partial charge < -0.3 is 14.2 Å². The SMILES string of the molecule is COC(=O)C1=C(C)N=c2s/c(=C\c3ccc(OCc4ccc(Cl)cc4Cl)cc3)c(=O)n2[C@H]1c1cc(Cl)ccc1OC. The maximum Gasteiger partial charge on any atom is 0.338 e. The van der Waals surface area contributed by atoms with Crippen molar-refractivity contribution in [2.45, 2.75) is 19.6 Å². The molecule has 0 saturated carbocycles. The molecule has 2 heterocycles. The van der Waals surface area contributed by atoms with Crippen LogP contribution in [0.15, 0.2) is 81.7 Å². The minimum Gasteiger partial charge on any atom is -0.496 e. The van der Waals surface area contributed by atoms with Crippen LogP contribution >= 0.6 is 46.1 Å². The van der Waals surface area contributed by atoms with Crippen molar-refractivity contribution < 1.29 is 19.0 Å². The molecule has 5 rings (SSSR count). The van der Waals surface area contributed by atoms with Gasteiger partial charge in [-0.25, -0.2) is 9.79 Å². The third kappa shape index (κ3) is 5.92. The Morgan fingerprint density at radius 2 is 1.73 bits per heavy atom. The molecule has 0 aliphatic carbocycles. The number of hydrogen-bond acceptors (Lipinski definition) is 7. The number of nitrogens with zero attached hydrogens (tertiary/aromatic N) is 2. The molecule has 7 nitrogen and oxygen atoms in total. The van der Waals surface area contributed by atoms with Crippen molar-refractivity contribution in [2.24, 2.45) is 4.99 Å². The molecule has 1 aliphatic heterocycles. The van der Waals surface area contributed by atoms with Crippen molar-refractivity contribution in [1.29, 1.82) is 0 Å². The van der Waals surface area contributed by atoms with E-state index in [0.717, 1.165) is 11.1 Å². The van der Waals surface area contributed by atoms with Gasteiger partial charge in [-0.05, 0) is 61.0 Å². The molecule has 0 bridgehead atoms. The van der Waals surface area contributed by atoms with Crippen LogP contribution < -0.4 is 24.4 Å². The van der Waals surface area contributed by atoms with Crippen molar-refractivity contribution in [2.75, 3.05) is 14.2 Å². The fraction of sp³-hybridized carbons (Fsp3) is 0.167. The molecular weight excluding hydrogens is 607 g/mol. The molecule has 0 spiro atoms. The van der Waals surface area contributed by atoms with Gasteiger partial charge in [0.05, 0.1) is 30.0 Å². The quantitative estimate of drug-likeness (QED) is 0.236. The molecule has 0 radical (unpaired) electrons.